The number of hydrogen-bond donors (Lipinski definition) is 2. The molecule has 0 fully saturated rings. The van der Waals surface area contributed by atoms with E-state index in [4.69, 9.17) is 15.1 Å². The van der Waals surface area contributed by atoms with Crippen LogP contribution in [0.5, 0.6) is 0 Å². The second kappa shape index (κ2) is 7.53. The van der Waals surface area contributed by atoms with Crippen LogP contribution in [0.3, 0.4) is 0 Å². The van der Waals surface area contributed by atoms with Crippen molar-refractivity contribution >= 4 is 21.4 Å². The second-order valence-electron chi connectivity index (χ2n) is 4.00. The molecule has 0 radical (unpaired) electrons. The van der Waals surface area contributed by atoms with E-state index in [2.05, 4.69) is 5.32 Å². The highest BCUT2D eigenvalue weighted by Crippen LogP contribution is 2.21. The smallest absolute Gasteiger partial charge is 0.270 e. The number of anilines is 1. The van der Waals surface area contributed by atoms with Gasteiger partial charge >= 0.3 is 0 Å². The summed E-state index contributed by atoms with van der Waals surface area (Å²) in [6, 6.07) is 5.74. The highest BCUT2D eigenvalue weighted by molar-refractivity contribution is 7.89. The first-order valence-electron chi connectivity index (χ1n) is 5.84. The number of nitro groups is 1. The lowest BCUT2D eigenvalue weighted by molar-refractivity contribution is -0.384. The minimum Gasteiger partial charge on any atom is -0.382 e. The summed E-state index contributed by atoms with van der Waals surface area (Å²) in [6.45, 7) is 0.500. The van der Waals surface area contributed by atoms with Gasteiger partial charge in [-0.05, 0) is 6.07 Å². The molecular formula is C11H14N4O5S. The molecule has 0 amide bonds. The number of non-ortho nitro benzene ring substituents is 1. The number of sulfonamides is 1. The predicted octanol–water partition coefficient (Wildman–Crippen LogP) is 0.183. The van der Waals surface area contributed by atoms with Crippen LogP contribution in [0.2, 0.25) is 0 Å². The summed E-state index contributed by atoms with van der Waals surface area (Å²) in [5, 5.41) is 27.2. The highest BCUT2D eigenvalue weighted by atomic mass is 32.2. The highest BCUT2D eigenvalue weighted by Gasteiger charge is 2.10. The van der Waals surface area contributed by atoms with Crippen LogP contribution in [0.15, 0.2) is 18.2 Å². The summed E-state index contributed by atoms with van der Waals surface area (Å²) in [6.07, 6.45) is 0. The summed E-state index contributed by atoms with van der Waals surface area (Å²) in [5.41, 5.74) is 0.424. The average Bonchev–Trinajstić information content (AvgIpc) is 2.41. The Bertz CT molecular complexity index is 653. The van der Waals surface area contributed by atoms with Gasteiger partial charge in [-0.1, -0.05) is 0 Å². The van der Waals surface area contributed by atoms with Crippen molar-refractivity contribution in [3.05, 3.63) is 33.9 Å². The van der Waals surface area contributed by atoms with Gasteiger partial charge in [-0.3, -0.25) is 10.1 Å². The predicted molar refractivity (Wildman–Crippen MR) is 75.1 cm³/mol. The number of benzene rings is 1. The summed E-state index contributed by atoms with van der Waals surface area (Å²) in [7, 11) is -3.54. The number of hydrogen-bond acceptors (Lipinski definition) is 7. The molecule has 0 spiro atoms. The molecule has 3 N–H and O–H groups in total. The van der Waals surface area contributed by atoms with Crippen molar-refractivity contribution in [2.45, 2.75) is 0 Å². The van der Waals surface area contributed by atoms with Crippen molar-refractivity contribution in [3.8, 4) is 6.07 Å². The third-order valence-corrected chi connectivity index (χ3v) is 3.14. The van der Waals surface area contributed by atoms with E-state index in [-0.39, 0.29) is 30.2 Å². The van der Waals surface area contributed by atoms with Gasteiger partial charge in [0.1, 0.15) is 6.07 Å². The lowest BCUT2D eigenvalue weighted by Crippen LogP contribution is -2.21. The van der Waals surface area contributed by atoms with Crippen LogP contribution in [0.25, 0.3) is 0 Å². The number of nitrogens with one attached hydrogen (secondary N) is 1. The first-order valence-corrected chi connectivity index (χ1v) is 7.55. The number of nitro benzene ring substituents is 1. The Morgan fingerprint density at radius 2 is 2.14 bits per heavy atom. The molecular weight excluding hydrogens is 300 g/mol. The number of nitrogens with zero attached hydrogens (tertiary/aromatic N) is 2. The van der Waals surface area contributed by atoms with Crippen LogP contribution >= 0.6 is 0 Å². The monoisotopic (exact) mass is 314 g/mol. The fourth-order valence-electron chi connectivity index (χ4n) is 1.43. The Kier molecular flexibility index (Phi) is 6.04. The molecule has 114 valence electrons. The van der Waals surface area contributed by atoms with Gasteiger partial charge in [0, 0.05) is 18.7 Å². The minimum absolute atomic E-state index is 0.0219. The molecule has 10 heteroatoms. The third kappa shape index (κ3) is 6.17. The molecule has 0 heterocycles. The van der Waals surface area contributed by atoms with Gasteiger partial charge < -0.3 is 10.1 Å². The fraction of sp³-hybridized carbons (Fsp3) is 0.364. The molecule has 1 aromatic rings. The Labute approximate surface area is 121 Å². The molecule has 0 unspecified atom stereocenters. The summed E-state index contributed by atoms with van der Waals surface area (Å²) in [5.74, 6) is -0.270. The molecule has 0 aliphatic heterocycles. The zero-order valence-corrected chi connectivity index (χ0v) is 11.8. The van der Waals surface area contributed by atoms with E-state index >= 15 is 0 Å². The molecule has 0 aromatic heterocycles. The van der Waals surface area contributed by atoms with Gasteiger partial charge in [-0.25, -0.2) is 13.6 Å². The van der Waals surface area contributed by atoms with Crippen molar-refractivity contribution < 1.29 is 18.1 Å². The molecule has 0 saturated carbocycles. The lowest BCUT2D eigenvalue weighted by Gasteiger charge is -2.08. The first-order chi connectivity index (χ1) is 9.83. The van der Waals surface area contributed by atoms with Gasteiger partial charge in [0.15, 0.2) is 0 Å². The molecule has 0 atom stereocenters. The standard InChI is InChI=1S/C11H14N4O5S/c12-8-9-7-10(15(16)17)1-2-11(9)14-3-4-20-5-6-21(13,18)19/h1-2,7,14H,3-6H2,(H2,13,18,19). The largest absolute Gasteiger partial charge is 0.382 e. The topological polar surface area (TPSA) is 148 Å². The SMILES string of the molecule is N#Cc1cc([N+](=O)[O-])ccc1NCCOCCS(N)(=O)=O. The molecule has 0 aliphatic rings. The van der Waals surface area contributed by atoms with Crippen LogP contribution in [0.4, 0.5) is 11.4 Å². The molecule has 0 saturated heterocycles. The molecule has 1 rings (SSSR count). The van der Waals surface area contributed by atoms with Gasteiger partial charge in [-0.2, -0.15) is 5.26 Å². The van der Waals surface area contributed by atoms with Crippen LogP contribution in [-0.2, 0) is 14.8 Å². The van der Waals surface area contributed by atoms with E-state index in [1.807, 2.05) is 6.07 Å². The Hall–Kier alpha value is -2.22. The number of nitriles is 1. The Morgan fingerprint density at radius 1 is 1.43 bits per heavy atom. The van der Waals surface area contributed by atoms with Crippen molar-refractivity contribution in [2.24, 2.45) is 5.14 Å². The van der Waals surface area contributed by atoms with Crippen LogP contribution in [0.1, 0.15) is 5.56 Å². The quantitative estimate of drug-likeness (QED) is 0.395. The molecule has 9 nitrogen and oxygen atoms in total. The maximum atomic E-state index is 10.6. The zero-order chi connectivity index (χ0) is 15.9. The van der Waals surface area contributed by atoms with Gasteiger partial charge in [0.25, 0.3) is 5.69 Å². The third-order valence-electron chi connectivity index (χ3n) is 2.41. The number of primary sulfonamides is 1. The van der Waals surface area contributed by atoms with Crippen molar-refractivity contribution in [2.75, 3.05) is 30.8 Å². The number of rotatable bonds is 8. The minimum atomic E-state index is -3.54. The number of ether oxygens (including phenoxy) is 1. The summed E-state index contributed by atoms with van der Waals surface area (Å²) in [4.78, 5) is 10.0. The van der Waals surface area contributed by atoms with Crippen molar-refractivity contribution in [1.29, 1.82) is 5.26 Å². The van der Waals surface area contributed by atoms with E-state index in [1.165, 1.54) is 18.2 Å². The second-order valence-corrected chi connectivity index (χ2v) is 5.74. The van der Waals surface area contributed by atoms with Crippen molar-refractivity contribution in [3.63, 3.8) is 0 Å². The van der Waals surface area contributed by atoms with Gasteiger partial charge in [0.05, 0.1) is 35.1 Å². The fourth-order valence-corrected chi connectivity index (χ4v) is 1.78. The van der Waals surface area contributed by atoms with Crippen LogP contribution in [0, 0.1) is 21.4 Å². The Morgan fingerprint density at radius 3 is 2.71 bits per heavy atom. The van der Waals surface area contributed by atoms with Crippen LogP contribution in [-0.4, -0.2) is 38.9 Å². The maximum absolute atomic E-state index is 10.6. The molecule has 21 heavy (non-hydrogen) atoms. The number of nitrogens with two attached hydrogens (primary N) is 1. The van der Waals surface area contributed by atoms with Gasteiger partial charge in [-0.15, -0.1) is 0 Å². The van der Waals surface area contributed by atoms with E-state index in [0.717, 1.165) is 0 Å². The first kappa shape index (κ1) is 16.8. The van der Waals surface area contributed by atoms with E-state index < -0.39 is 14.9 Å². The lowest BCUT2D eigenvalue weighted by atomic mass is 10.1. The normalized spacial score (nSPS) is 10.9. The molecule has 0 bridgehead atoms. The van der Waals surface area contributed by atoms with Crippen molar-refractivity contribution in [1.82, 2.24) is 0 Å². The van der Waals surface area contributed by atoms with E-state index in [1.54, 1.807) is 0 Å². The molecule has 1 aromatic carbocycles. The van der Waals surface area contributed by atoms with Crippen LogP contribution < -0.4 is 10.5 Å². The summed E-state index contributed by atoms with van der Waals surface area (Å²) >= 11 is 0. The maximum Gasteiger partial charge on any atom is 0.270 e. The van der Waals surface area contributed by atoms with E-state index in [0.29, 0.717) is 12.2 Å². The molecule has 0 aliphatic carbocycles. The van der Waals surface area contributed by atoms with E-state index in [9.17, 15) is 18.5 Å². The zero-order valence-electron chi connectivity index (χ0n) is 11.0. The average molecular weight is 314 g/mol. The Balaban J connectivity index is 2.46. The summed E-state index contributed by atoms with van der Waals surface area (Å²) < 4.78 is 26.3. The van der Waals surface area contributed by atoms with Gasteiger partial charge in [0.2, 0.25) is 10.0 Å².